The number of nitrogen functional groups attached to an aromatic ring is 1. The smallest absolute Gasteiger partial charge is 0.180 e. The lowest BCUT2D eigenvalue weighted by molar-refractivity contribution is 0.165. The number of anilines is 1. The molecule has 0 bridgehead atoms. The van der Waals surface area contributed by atoms with E-state index in [1.165, 1.54) is 30.6 Å². The summed E-state index contributed by atoms with van der Waals surface area (Å²) in [5.74, 6) is 0.920. The Hall–Kier alpha value is -0.320. The number of thiazole rings is 1. The second kappa shape index (κ2) is 6.57. The maximum Gasteiger partial charge on any atom is 0.180 e. The number of nitrogens with two attached hydrogens (primary N) is 1. The Kier molecular flexibility index (Phi) is 5.70. The van der Waals surface area contributed by atoms with Gasteiger partial charge in [-0.3, -0.25) is 4.90 Å². The van der Waals surface area contributed by atoms with Gasteiger partial charge in [0.1, 0.15) is 0 Å². The zero-order valence-electron chi connectivity index (χ0n) is 10.6. The van der Waals surface area contributed by atoms with Gasteiger partial charge in [0.05, 0.1) is 0 Å². The van der Waals surface area contributed by atoms with E-state index >= 15 is 0 Å². The van der Waals surface area contributed by atoms with E-state index in [2.05, 4.69) is 23.9 Å². The molecule has 0 aliphatic heterocycles. The molecule has 5 heteroatoms. The van der Waals surface area contributed by atoms with Crippen molar-refractivity contribution in [3.05, 3.63) is 11.1 Å². The van der Waals surface area contributed by atoms with E-state index in [1.54, 1.807) is 11.3 Å². The normalized spacial score (nSPS) is 24.6. The van der Waals surface area contributed by atoms with Gasteiger partial charge in [0, 0.05) is 23.7 Å². The van der Waals surface area contributed by atoms with Crippen molar-refractivity contribution in [3.63, 3.8) is 0 Å². The van der Waals surface area contributed by atoms with E-state index in [0.29, 0.717) is 5.13 Å². The summed E-state index contributed by atoms with van der Waals surface area (Å²) >= 11 is 1.61. The summed E-state index contributed by atoms with van der Waals surface area (Å²) < 4.78 is 0. The first-order chi connectivity index (χ1) is 7.65. The van der Waals surface area contributed by atoms with E-state index in [9.17, 15) is 0 Å². The molecule has 1 heterocycles. The molecule has 0 saturated heterocycles. The average molecular weight is 276 g/mol. The van der Waals surface area contributed by atoms with Crippen LogP contribution in [0.2, 0.25) is 0 Å². The molecular formula is C12H22ClN3S. The number of halogens is 1. The van der Waals surface area contributed by atoms with Crippen LogP contribution in [0.3, 0.4) is 0 Å². The van der Waals surface area contributed by atoms with Crippen LogP contribution in [-0.4, -0.2) is 23.0 Å². The van der Waals surface area contributed by atoms with Gasteiger partial charge in [-0.1, -0.05) is 6.92 Å². The van der Waals surface area contributed by atoms with Gasteiger partial charge >= 0.3 is 0 Å². The molecule has 0 unspecified atom stereocenters. The van der Waals surface area contributed by atoms with Gasteiger partial charge in [0.2, 0.25) is 0 Å². The van der Waals surface area contributed by atoms with E-state index < -0.39 is 0 Å². The Morgan fingerprint density at radius 1 is 1.41 bits per heavy atom. The fourth-order valence-corrected chi connectivity index (χ4v) is 3.20. The van der Waals surface area contributed by atoms with Crippen LogP contribution < -0.4 is 5.73 Å². The highest BCUT2D eigenvalue weighted by Gasteiger charge is 2.21. The van der Waals surface area contributed by atoms with Crippen LogP contribution in [0.5, 0.6) is 0 Å². The van der Waals surface area contributed by atoms with Crippen molar-refractivity contribution < 1.29 is 0 Å². The molecule has 0 atom stereocenters. The van der Waals surface area contributed by atoms with Crippen LogP contribution in [0.1, 0.15) is 37.5 Å². The van der Waals surface area contributed by atoms with Gasteiger partial charge < -0.3 is 5.73 Å². The summed E-state index contributed by atoms with van der Waals surface area (Å²) in [5, 5.41) is 0.681. The quantitative estimate of drug-likeness (QED) is 0.921. The third-order valence-electron chi connectivity index (χ3n) is 3.59. The molecule has 2 N–H and O–H groups in total. The topological polar surface area (TPSA) is 42.2 Å². The lowest BCUT2D eigenvalue weighted by Crippen LogP contribution is -2.34. The van der Waals surface area contributed by atoms with Crippen molar-refractivity contribution in [1.29, 1.82) is 0 Å². The largest absolute Gasteiger partial charge is 0.375 e. The van der Waals surface area contributed by atoms with Crippen LogP contribution in [0.25, 0.3) is 0 Å². The monoisotopic (exact) mass is 275 g/mol. The van der Waals surface area contributed by atoms with Crippen LogP contribution in [0.4, 0.5) is 5.13 Å². The molecule has 1 aromatic rings. The molecule has 1 aliphatic carbocycles. The first-order valence-corrected chi connectivity index (χ1v) is 6.87. The average Bonchev–Trinajstić information content (AvgIpc) is 2.65. The standard InChI is InChI=1S/C12H21N3S.ClH/c1-9-3-5-10(6-4-9)15(2)8-11-7-14-12(13)16-11;/h7,9-10H,3-6,8H2,1-2H3,(H2,13,14);1H. The van der Waals surface area contributed by atoms with Gasteiger partial charge in [-0.25, -0.2) is 4.98 Å². The van der Waals surface area contributed by atoms with Crippen molar-refractivity contribution in [2.45, 2.75) is 45.2 Å². The summed E-state index contributed by atoms with van der Waals surface area (Å²) in [6, 6.07) is 0.750. The van der Waals surface area contributed by atoms with Crippen LogP contribution in [0, 0.1) is 5.92 Å². The Morgan fingerprint density at radius 2 is 2.06 bits per heavy atom. The number of nitrogens with zero attached hydrogens (tertiary/aromatic N) is 2. The van der Waals surface area contributed by atoms with Gasteiger partial charge in [0.25, 0.3) is 0 Å². The molecular weight excluding hydrogens is 254 g/mol. The van der Waals surface area contributed by atoms with Crippen LogP contribution in [0.15, 0.2) is 6.20 Å². The maximum absolute atomic E-state index is 5.64. The highest BCUT2D eigenvalue weighted by atomic mass is 35.5. The third kappa shape index (κ3) is 4.12. The van der Waals surface area contributed by atoms with Crippen LogP contribution >= 0.6 is 23.7 Å². The molecule has 2 rings (SSSR count). The fraction of sp³-hybridized carbons (Fsp3) is 0.750. The molecule has 1 aromatic heterocycles. The third-order valence-corrected chi connectivity index (χ3v) is 4.40. The van der Waals surface area contributed by atoms with Crippen molar-refractivity contribution in [3.8, 4) is 0 Å². The summed E-state index contributed by atoms with van der Waals surface area (Å²) in [7, 11) is 2.22. The minimum absolute atomic E-state index is 0. The zero-order chi connectivity index (χ0) is 11.5. The number of hydrogen-bond acceptors (Lipinski definition) is 4. The SMILES string of the molecule is CC1CCC(N(C)Cc2cnc(N)s2)CC1.Cl. The summed E-state index contributed by atoms with van der Waals surface area (Å²) in [5.41, 5.74) is 5.64. The highest BCUT2D eigenvalue weighted by Crippen LogP contribution is 2.28. The molecule has 1 fully saturated rings. The predicted molar refractivity (Wildman–Crippen MR) is 76.7 cm³/mol. The minimum Gasteiger partial charge on any atom is -0.375 e. The maximum atomic E-state index is 5.64. The molecule has 3 nitrogen and oxygen atoms in total. The van der Waals surface area contributed by atoms with Crippen molar-refractivity contribution >= 4 is 28.9 Å². The highest BCUT2D eigenvalue weighted by molar-refractivity contribution is 7.15. The van der Waals surface area contributed by atoms with Gasteiger partial charge in [-0.2, -0.15) is 0 Å². The molecule has 98 valence electrons. The number of hydrogen-bond donors (Lipinski definition) is 1. The number of aromatic nitrogens is 1. The van der Waals surface area contributed by atoms with Crippen LogP contribution in [-0.2, 0) is 6.54 Å². The second-order valence-electron chi connectivity index (χ2n) is 4.99. The molecule has 17 heavy (non-hydrogen) atoms. The first kappa shape index (κ1) is 14.7. The van der Waals surface area contributed by atoms with Gasteiger partial charge in [-0.05, 0) is 38.6 Å². The minimum atomic E-state index is 0. The van der Waals surface area contributed by atoms with Crippen molar-refractivity contribution in [2.75, 3.05) is 12.8 Å². The molecule has 1 saturated carbocycles. The Labute approximate surface area is 114 Å². The predicted octanol–water partition coefficient (Wildman–Crippen LogP) is 3.16. The van der Waals surface area contributed by atoms with Gasteiger partial charge in [-0.15, -0.1) is 23.7 Å². The van der Waals surface area contributed by atoms with Crippen molar-refractivity contribution in [1.82, 2.24) is 9.88 Å². The summed E-state index contributed by atoms with van der Waals surface area (Å²) in [6.07, 6.45) is 7.33. The molecule has 0 amide bonds. The Bertz CT molecular complexity index is 334. The summed E-state index contributed by atoms with van der Waals surface area (Å²) in [4.78, 5) is 7.83. The zero-order valence-corrected chi connectivity index (χ0v) is 12.2. The van der Waals surface area contributed by atoms with E-state index in [4.69, 9.17) is 5.73 Å². The number of rotatable bonds is 3. The summed E-state index contributed by atoms with van der Waals surface area (Å²) in [6.45, 7) is 3.36. The van der Waals surface area contributed by atoms with Crippen molar-refractivity contribution in [2.24, 2.45) is 5.92 Å². The molecule has 1 aliphatic rings. The molecule has 0 spiro atoms. The second-order valence-corrected chi connectivity index (χ2v) is 6.14. The van der Waals surface area contributed by atoms with Gasteiger partial charge in [0.15, 0.2) is 5.13 Å². The first-order valence-electron chi connectivity index (χ1n) is 6.05. The lowest BCUT2D eigenvalue weighted by Gasteiger charge is -2.33. The van der Waals surface area contributed by atoms with E-state index in [-0.39, 0.29) is 12.4 Å². The Morgan fingerprint density at radius 3 is 2.59 bits per heavy atom. The van der Waals surface area contributed by atoms with E-state index in [1.807, 2.05) is 6.20 Å². The molecule has 0 aromatic carbocycles. The molecule has 0 radical (unpaired) electrons. The lowest BCUT2D eigenvalue weighted by atomic mass is 9.87. The van der Waals surface area contributed by atoms with E-state index in [0.717, 1.165) is 18.5 Å². The fourth-order valence-electron chi connectivity index (χ4n) is 2.45. The Balaban J connectivity index is 0.00000144.